The number of amides is 1. The zero-order valence-electron chi connectivity index (χ0n) is 12.9. The van der Waals surface area contributed by atoms with E-state index in [1.807, 2.05) is 18.2 Å². The molecule has 0 bridgehead atoms. The predicted octanol–water partition coefficient (Wildman–Crippen LogP) is 3.05. The van der Waals surface area contributed by atoms with Gasteiger partial charge in [-0.15, -0.1) is 0 Å². The lowest BCUT2D eigenvalue weighted by Gasteiger charge is -2.15. The van der Waals surface area contributed by atoms with Crippen LogP contribution in [0.2, 0.25) is 0 Å². The number of methoxy groups -OCH3 is 1. The van der Waals surface area contributed by atoms with Gasteiger partial charge < -0.3 is 15.4 Å². The maximum Gasteiger partial charge on any atom is 0.238 e. The third kappa shape index (κ3) is 6.57. The molecular weight excluding hydrogens is 252 g/mol. The Balaban J connectivity index is 2.32. The number of hydrogen-bond donors (Lipinski definition) is 2. The smallest absolute Gasteiger partial charge is 0.238 e. The van der Waals surface area contributed by atoms with Crippen LogP contribution in [-0.2, 0) is 4.79 Å². The van der Waals surface area contributed by atoms with E-state index in [0.717, 1.165) is 17.9 Å². The Hall–Kier alpha value is -1.55. The van der Waals surface area contributed by atoms with Gasteiger partial charge in [-0.2, -0.15) is 0 Å². The summed E-state index contributed by atoms with van der Waals surface area (Å²) in [5, 5.41) is 6.10. The van der Waals surface area contributed by atoms with Crippen molar-refractivity contribution in [2.75, 3.05) is 19.0 Å². The van der Waals surface area contributed by atoms with Crippen molar-refractivity contribution in [3.8, 4) is 5.75 Å². The lowest BCUT2D eigenvalue weighted by atomic mass is 10.0. The molecule has 0 aliphatic carbocycles. The highest BCUT2D eigenvalue weighted by Crippen LogP contribution is 2.16. The maximum atomic E-state index is 11.8. The van der Waals surface area contributed by atoms with Crippen molar-refractivity contribution in [2.24, 2.45) is 5.92 Å². The normalized spacial score (nSPS) is 12.2. The molecule has 1 aromatic carbocycles. The van der Waals surface area contributed by atoms with Gasteiger partial charge in [0.15, 0.2) is 0 Å². The van der Waals surface area contributed by atoms with E-state index >= 15 is 0 Å². The summed E-state index contributed by atoms with van der Waals surface area (Å²) in [5.41, 5.74) is 0.756. The zero-order chi connectivity index (χ0) is 15.0. The first kappa shape index (κ1) is 16.5. The number of carbonyl (C=O) groups excluding carboxylic acids is 1. The highest BCUT2D eigenvalue weighted by atomic mass is 16.5. The molecule has 1 amide bonds. The van der Waals surface area contributed by atoms with E-state index in [9.17, 15) is 4.79 Å². The van der Waals surface area contributed by atoms with Gasteiger partial charge >= 0.3 is 0 Å². The third-order valence-electron chi connectivity index (χ3n) is 3.14. The molecule has 4 nitrogen and oxygen atoms in total. The van der Waals surface area contributed by atoms with Crippen molar-refractivity contribution in [3.05, 3.63) is 24.3 Å². The van der Waals surface area contributed by atoms with Crippen molar-refractivity contribution in [3.63, 3.8) is 0 Å². The minimum absolute atomic E-state index is 0.0327. The van der Waals surface area contributed by atoms with E-state index in [1.165, 1.54) is 6.42 Å². The first-order chi connectivity index (χ1) is 9.51. The Labute approximate surface area is 121 Å². The molecule has 0 saturated carbocycles. The van der Waals surface area contributed by atoms with Crippen molar-refractivity contribution in [1.82, 2.24) is 5.32 Å². The molecule has 0 aliphatic heterocycles. The second-order valence-corrected chi connectivity index (χ2v) is 5.53. The number of hydrogen-bond acceptors (Lipinski definition) is 3. The van der Waals surface area contributed by atoms with Gasteiger partial charge in [0.2, 0.25) is 5.91 Å². The molecular formula is C16H26N2O2. The number of nitrogens with one attached hydrogen (secondary N) is 2. The van der Waals surface area contributed by atoms with Crippen LogP contribution in [0, 0.1) is 5.92 Å². The molecule has 112 valence electrons. The van der Waals surface area contributed by atoms with Crippen molar-refractivity contribution in [2.45, 2.75) is 39.7 Å². The minimum Gasteiger partial charge on any atom is -0.497 e. The fraction of sp³-hybridized carbons (Fsp3) is 0.562. The average molecular weight is 278 g/mol. The molecule has 20 heavy (non-hydrogen) atoms. The number of rotatable bonds is 8. The Morgan fingerprint density at radius 3 is 2.65 bits per heavy atom. The Morgan fingerprint density at radius 1 is 1.25 bits per heavy atom. The summed E-state index contributed by atoms with van der Waals surface area (Å²) in [6.07, 6.45) is 2.26. The van der Waals surface area contributed by atoms with Crippen LogP contribution in [0.1, 0.15) is 33.6 Å². The topological polar surface area (TPSA) is 50.4 Å². The highest BCUT2D eigenvalue weighted by molar-refractivity contribution is 5.92. The van der Waals surface area contributed by atoms with Crippen LogP contribution < -0.4 is 15.4 Å². The fourth-order valence-corrected chi connectivity index (χ4v) is 1.86. The van der Waals surface area contributed by atoms with Crippen LogP contribution in [0.15, 0.2) is 24.3 Å². The highest BCUT2D eigenvalue weighted by Gasteiger charge is 2.07. The summed E-state index contributed by atoms with van der Waals surface area (Å²) in [6, 6.07) is 7.71. The van der Waals surface area contributed by atoms with Gasteiger partial charge in [0.1, 0.15) is 5.75 Å². The Morgan fingerprint density at radius 2 is 2.00 bits per heavy atom. The molecule has 4 heteroatoms. The van der Waals surface area contributed by atoms with Gasteiger partial charge in [-0.05, 0) is 37.8 Å². The SMILES string of the molecule is COc1cccc(NC(=O)CN[C@@H](C)CCC(C)C)c1. The Kier molecular flexibility index (Phi) is 7.09. The van der Waals surface area contributed by atoms with E-state index < -0.39 is 0 Å². The zero-order valence-corrected chi connectivity index (χ0v) is 12.9. The van der Waals surface area contributed by atoms with Crippen LogP contribution in [0.5, 0.6) is 5.75 Å². The van der Waals surface area contributed by atoms with Crippen molar-refractivity contribution < 1.29 is 9.53 Å². The second kappa shape index (κ2) is 8.59. The van der Waals surface area contributed by atoms with Crippen molar-refractivity contribution in [1.29, 1.82) is 0 Å². The van der Waals surface area contributed by atoms with Gasteiger partial charge in [-0.25, -0.2) is 0 Å². The quantitative estimate of drug-likeness (QED) is 0.768. The largest absolute Gasteiger partial charge is 0.497 e. The van der Waals surface area contributed by atoms with E-state index in [0.29, 0.717) is 18.5 Å². The molecule has 0 aromatic heterocycles. The molecule has 0 saturated heterocycles. The van der Waals surface area contributed by atoms with Gasteiger partial charge in [-0.3, -0.25) is 4.79 Å². The number of anilines is 1. The van der Waals surface area contributed by atoms with E-state index in [4.69, 9.17) is 4.74 Å². The lowest BCUT2D eigenvalue weighted by Crippen LogP contribution is -2.34. The molecule has 0 fully saturated rings. The number of ether oxygens (including phenoxy) is 1. The van der Waals surface area contributed by atoms with Crippen molar-refractivity contribution >= 4 is 11.6 Å². The van der Waals surface area contributed by atoms with E-state index in [1.54, 1.807) is 13.2 Å². The summed E-state index contributed by atoms with van der Waals surface area (Å²) in [6.45, 7) is 6.86. The van der Waals surface area contributed by atoms with Crippen LogP contribution in [-0.4, -0.2) is 25.6 Å². The predicted molar refractivity (Wildman–Crippen MR) is 83.2 cm³/mol. The first-order valence-corrected chi connectivity index (χ1v) is 7.18. The molecule has 1 atom stereocenters. The summed E-state index contributed by atoms with van der Waals surface area (Å²) in [5.74, 6) is 1.40. The molecule has 1 aromatic rings. The van der Waals surface area contributed by atoms with Crippen LogP contribution in [0.4, 0.5) is 5.69 Å². The minimum atomic E-state index is -0.0327. The van der Waals surface area contributed by atoms with E-state index in [-0.39, 0.29) is 5.91 Å². The molecule has 0 aliphatic rings. The van der Waals surface area contributed by atoms with Gasteiger partial charge in [0.05, 0.1) is 13.7 Å². The first-order valence-electron chi connectivity index (χ1n) is 7.18. The maximum absolute atomic E-state index is 11.8. The molecule has 1 rings (SSSR count). The molecule has 2 N–H and O–H groups in total. The molecule has 0 spiro atoms. The monoisotopic (exact) mass is 278 g/mol. The van der Waals surface area contributed by atoms with E-state index in [2.05, 4.69) is 31.4 Å². The lowest BCUT2D eigenvalue weighted by molar-refractivity contribution is -0.115. The molecule has 0 radical (unpaired) electrons. The third-order valence-corrected chi connectivity index (χ3v) is 3.14. The van der Waals surface area contributed by atoms with Crippen LogP contribution >= 0.6 is 0 Å². The molecule has 0 unspecified atom stereocenters. The van der Waals surface area contributed by atoms with Gasteiger partial charge in [0, 0.05) is 17.8 Å². The average Bonchev–Trinajstić information content (AvgIpc) is 2.43. The van der Waals surface area contributed by atoms with Gasteiger partial charge in [-0.1, -0.05) is 19.9 Å². The summed E-state index contributed by atoms with van der Waals surface area (Å²) >= 11 is 0. The summed E-state index contributed by atoms with van der Waals surface area (Å²) in [4.78, 5) is 11.8. The Bertz CT molecular complexity index is 419. The standard InChI is InChI=1S/C16H26N2O2/c1-12(2)8-9-13(3)17-11-16(19)18-14-6-5-7-15(10-14)20-4/h5-7,10,12-13,17H,8-9,11H2,1-4H3,(H,18,19)/t13-/m0/s1. The molecule has 0 heterocycles. The van der Waals surface area contributed by atoms with Crippen LogP contribution in [0.25, 0.3) is 0 Å². The number of carbonyl (C=O) groups is 1. The second-order valence-electron chi connectivity index (χ2n) is 5.53. The van der Waals surface area contributed by atoms with Gasteiger partial charge in [0.25, 0.3) is 0 Å². The summed E-state index contributed by atoms with van der Waals surface area (Å²) in [7, 11) is 1.61. The van der Waals surface area contributed by atoms with Crippen LogP contribution in [0.3, 0.4) is 0 Å². The summed E-state index contributed by atoms with van der Waals surface area (Å²) < 4.78 is 5.12. The fourth-order valence-electron chi connectivity index (χ4n) is 1.86. The number of benzene rings is 1.